The maximum Gasteiger partial charge on any atom is 0.150 e. The zero-order chi connectivity index (χ0) is 10.7. The Morgan fingerprint density at radius 3 is 2.73 bits per heavy atom. The van der Waals surface area contributed by atoms with Gasteiger partial charge >= 0.3 is 0 Å². The van der Waals surface area contributed by atoms with Crippen molar-refractivity contribution in [1.29, 1.82) is 0 Å². The van der Waals surface area contributed by atoms with Crippen LogP contribution in [0.25, 0.3) is 0 Å². The van der Waals surface area contributed by atoms with E-state index in [1.54, 1.807) is 0 Å². The molecule has 0 N–H and O–H groups in total. The van der Waals surface area contributed by atoms with E-state index in [2.05, 4.69) is 11.8 Å². The summed E-state index contributed by atoms with van der Waals surface area (Å²) in [4.78, 5) is 12.9. The van der Waals surface area contributed by atoms with E-state index < -0.39 is 0 Å². The summed E-state index contributed by atoms with van der Waals surface area (Å²) in [6, 6.07) is 8.44. The van der Waals surface area contributed by atoms with E-state index in [4.69, 9.17) is 0 Å². The molecule has 1 aromatic rings. The van der Waals surface area contributed by atoms with Gasteiger partial charge in [0.2, 0.25) is 0 Å². The van der Waals surface area contributed by atoms with Crippen LogP contribution in [0.4, 0.5) is 5.69 Å². The molecule has 0 saturated carbocycles. The van der Waals surface area contributed by atoms with E-state index in [0.29, 0.717) is 6.04 Å². The second-order valence-corrected chi connectivity index (χ2v) is 4.98. The van der Waals surface area contributed by atoms with Gasteiger partial charge in [0.15, 0.2) is 0 Å². The number of anilines is 1. The Kier molecular flexibility index (Phi) is 3.31. The maximum absolute atomic E-state index is 10.5. The molecule has 0 aliphatic carbocycles. The normalized spacial score (nSPS) is 21.4. The average Bonchev–Trinajstić information content (AvgIpc) is 2.30. The molecule has 1 aromatic carbocycles. The summed E-state index contributed by atoms with van der Waals surface area (Å²) in [6.45, 7) is 3.35. The predicted molar refractivity (Wildman–Crippen MR) is 66.0 cm³/mol. The second kappa shape index (κ2) is 4.71. The van der Waals surface area contributed by atoms with Gasteiger partial charge in [0, 0.05) is 35.3 Å². The van der Waals surface area contributed by atoms with Crippen LogP contribution in [0.3, 0.4) is 0 Å². The molecule has 0 bridgehead atoms. The lowest BCUT2D eigenvalue weighted by Gasteiger charge is -2.35. The third kappa shape index (κ3) is 2.34. The quantitative estimate of drug-likeness (QED) is 0.715. The Morgan fingerprint density at radius 1 is 1.40 bits per heavy atom. The Labute approximate surface area is 94.7 Å². The minimum atomic E-state index is 0.589. The highest BCUT2D eigenvalue weighted by atomic mass is 32.2. The molecule has 0 amide bonds. The summed E-state index contributed by atoms with van der Waals surface area (Å²) in [5.41, 5.74) is 1.98. The van der Waals surface area contributed by atoms with E-state index in [9.17, 15) is 4.79 Å². The minimum absolute atomic E-state index is 0.589. The van der Waals surface area contributed by atoms with Crippen molar-refractivity contribution in [1.82, 2.24) is 0 Å². The molecule has 80 valence electrons. The summed E-state index contributed by atoms with van der Waals surface area (Å²) in [6.07, 6.45) is 0.888. The molecule has 1 heterocycles. The lowest BCUT2D eigenvalue weighted by molar-refractivity contribution is 0.112. The van der Waals surface area contributed by atoms with Crippen molar-refractivity contribution >= 4 is 23.7 Å². The number of benzene rings is 1. The molecule has 1 atom stereocenters. The van der Waals surface area contributed by atoms with Crippen molar-refractivity contribution in [3.63, 3.8) is 0 Å². The van der Waals surface area contributed by atoms with Crippen LogP contribution in [0, 0.1) is 0 Å². The zero-order valence-electron chi connectivity index (χ0n) is 8.85. The van der Waals surface area contributed by atoms with Gasteiger partial charge in [-0.1, -0.05) is 0 Å². The van der Waals surface area contributed by atoms with Gasteiger partial charge in [-0.05, 0) is 31.2 Å². The molecule has 1 aliphatic heterocycles. The number of hydrogen-bond acceptors (Lipinski definition) is 3. The molecule has 1 saturated heterocycles. The predicted octanol–water partition coefficient (Wildman–Crippen LogP) is 2.44. The van der Waals surface area contributed by atoms with E-state index in [-0.39, 0.29) is 0 Å². The molecule has 1 unspecified atom stereocenters. The molecule has 0 radical (unpaired) electrons. The van der Waals surface area contributed by atoms with Gasteiger partial charge in [-0.3, -0.25) is 4.79 Å². The average molecular weight is 221 g/mol. The lowest BCUT2D eigenvalue weighted by atomic mass is 10.2. The van der Waals surface area contributed by atoms with Crippen LogP contribution in [0.15, 0.2) is 24.3 Å². The van der Waals surface area contributed by atoms with E-state index in [0.717, 1.165) is 18.4 Å². The molecule has 0 aromatic heterocycles. The molecule has 1 fully saturated rings. The van der Waals surface area contributed by atoms with Crippen LogP contribution in [-0.2, 0) is 0 Å². The number of hydrogen-bond donors (Lipinski definition) is 0. The standard InChI is InChI=1S/C12H15NOS/c1-10-9-15-7-6-13(10)12-4-2-11(8-14)3-5-12/h2-5,8,10H,6-7,9H2,1H3. The first-order valence-corrected chi connectivity index (χ1v) is 6.36. The first kappa shape index (κ1) is 10.6. The van der Waals surface area contributed by atoms with Crippen molar-refractivity contribution in [2.24, 2.45) is 0 Å². The smallest absolute Gasteiger partial charge is 0.150 e. The van der Waals surface area contributed by atoms with Gasteiger partial charge in [-0.2, -0.15) is 11.8 Å². The summed E-state index contributed by atoms with van der Waals surface area (Å²) in [5, 5.41) is 0. The van der Waals surface area contributed by atoms with Crippen LogP contribution >= 0.6 is 11.8 Å². The number of carbonyl (C=O) groups excluding carboxylic acids is 1. The summed E-state index contributed by atoms with van der Waals surface area (Å²) in [5.74, 6) is 2.38. The number of rotatable bonds is 2. The van der Waals surface area contributed by atoms with Crippen LogP contribution < -0.4 is 4.90 Å². The monoisotopic (exact) mass is 221 g/mol. The number of thioether (sulfide) groups is 1. The van der Waals surface area contributed by atoms with Gasteiger partial charge in [-0.15, -0.1) is 0 Å². The van der Waals surface area contributed by atoms with Crippen LogP contribution in [0.5, 0.6) is 0 Å². The molecule has 2 rings (SSSR count). The second-order valence-electron chi connectivity index (χ2n) is 3.83. The Bertz CT molecular complexity index is 336. The molecule has 3 heteroatoms. The molecular weight excluding hydrogens is 206 g/mol. The van der Waals surface area contributed by atoms with Gasteiger partial charge in [0.05, 0.1) is 0 Å². The van der Waals surface area contributed by atoms with Crippen molar-refractivity contribution in [3.8, 4) is 0 Å². The van der Waals surface area contributed by atoms with Gasteiger partial charge in [0.1, 0.15) is 6.29 Å². The highest BCUT2D eigenvalue weighted by Crippen LogP contribution is 2.23. The first-order valence-electron chi connectivity index (χ1n) is 5.21. The fraction of sp³-hybridized carbons (Fsp3) is 0.417. The van der Waals surface area contributed by atoms with Crippen molar-refractivity contribution in [3.05, 3.63) is 29.8 Å². The molecule has 2 nitrogen and oxygen atoms in total. The van der Waals surface area contributed by atoms with Crippen molar-refractivity contribution in [2.45, 2.75) is 13.0 Å². The Hall–Kier alpha value is -0.960. The minimum Gasteiger partial charge on any atom is -0.367 e. The number of aldehydes is 1. The fourth-order valence-corrected chi connectivity index (χ4v) is 2.87. The first-order chi connectivity index (χ1) is 7.31. The fourth-order valence-electron chi connectivity index (χ4n) is 1.86. The van der Waals surface area contributed by atoms with Gasteiger partial charge < -0.3 is 4.90 Å². The molecule has 0 spiro atoms. The van der Waals surface area contributed by atoms with Crippen LogP contribution in [0.1, 0.15) is 17.3 Å². The van der Waals surface area contributed by atoms with Crippen LogP contribution in [0.2, 0.25) is 0 Å². The topological polar surface area (TPSA) is 20.3 Å². The third-order valence-electron chi connectivity index (χ3n) is 2.73. The van der Waals surface area contributed by atoms with E-state index in [1.165, 1.54) is 17.2 Å². The van der Waals surface area contributed by atoms with Crippen molar-refractivity contribution < 1.29 is 4.79 Å². The summed E-state index contributed by atoms with van der Waals surface area (Å²) in [7, 11) is 0. The van der Waals surface area contributed by atoms with E-state index in [1.807, 2.05) is 36.0 Å². The van der Waals surface area contributed by atoms with Crippen molar-refractivity contribution in [2.75, 3.05) is 23.0 Å². The summed E-state index contributed by atoms with van der Waals surface area (Å²) >= 11 is 2.01. The maximum atomic E-state index is 10.5. The SMILES string of the molecule is CC1CSCCN1c1ccc(C=O)cc1. The van der Waals surface area contributed by atoms with E-state index >= 15 is 0 Å². The highest BCUT2D eigenvalue weighted by molar-refractivity contribution is 7.99. The molecule has 1 aliphatic rings. The molecule has 15 heavy (non-hydrogen) atoms. The zero-order valence-corrected chi connectivity index (χ0v) is 9.67. The Morgan fingerprint density at radius 2 is 2.13 bits per heavy atom. The summed E-state index contributed by atoms with van der Waals surface area (Å²) < 4.78 is 0. The number of carbonyl (C=O) groups is 1. The van der Waals surface area contributed by atoms with Gasteiger partial charge in [0.25, 0.3) is 0 Å². The molecular formula is C12H15NOS. The third-order valence-corrected chi connectivity index (χ3v) is 3.92. The van der Waals surface area contributed by atoms with Crippen LogP contribution in [-0.4, -0.2) is 30.4 Å². The largest absolute Gasteiger partial charge is 0.367 e. The van der Waals surface area contributed by atoms with Gasteiger partial charge in [-0.25, -0.2) is 0 Å². The highest BCUT2D eigenvalue weighted by Gasteiger charge is 2.18. The lowest BCUT2D eigenvalue weighted by Crippen LogP contribution is -2.40. The Balaban J connectivity index is 2.16. The number of nitrogens with zero attached hydrogens (tertiary/aromatic N) is 1.